The quantitative estimate of drug-likeness (QED) is 0.118. The summed E-state index contributed by atoms with van der Waals surface area (Å²) in [4.78, 5) is 24.4. The van der Waals surface area contributed by atoms with E-state index in [1.54, 1.807) is 0 Å². The number of unbranched alkanes of at least 4 members (excludes halogenated alkanes) is 2. The zero-order valence-corrected chi connectivity index (χ0v) is 26.8. The summed E-state index contributed by atoms with van der Waals surface area (Å²) in [6.45, 7) is 10.2. The number of carbonyl (C=O) groups is 2. The molecule has 2 aromatic rings. The van der Waals surface area contributed by atoms with Crippen LogP contribution in [0.25, 0.3) is 0 Å². The highest BCUT2D eigenvalue weighted by molar-refractivity contribution is 5.99. The number of hydrogen-bond donors (Lipinski definition) is 2. The van der Waals surface area contributed by atoms with E-state index in [0.717, 1.165) is 91.0 Å². The van der Waals surface area contributed by atoms with Crippen molar-refractivity contribution in [3.05, 3.63) is 65.2 Å². The molecule has 0 aliphatic heterocycles. The van der Waals surface area contributed by atoms with Crippen LogP contribution in [0.5, 0.6) is 17.2 Å². The smallest absolute Gasteiger partial charge is 0.220 e. The molecule has 2 N–H and O–H groups in total. The van der Waals surface area contributed by atoms with E-state index in [0.29, 0.717) is 65.3 Å². The fourth-order valence-corrected chi connectivity index (χ4v) is 5.38. The van der Waals surface area contributed by atoms with Crippen LogP contribution in [0.2, 0.25) is 0 Å². The summed E-state index contributed by atoms with van der Waals surface area (Å²) in [6, 6.07) is 9.84. The van der Waals surface area contributed by atoms with Crippen molar-refractivity contribution >= 4 is 11.7 Å². The fourth-order valence-electron chi connectivity index (χ4n) is 5.38. The largest absolute Gasteiger partial charge is 0.493 e. The second-order valence-electron chi connectivity index (χ2n) is 11.1. The molecule has 44 heavy (non-hydrogen) atoms. The third-order valence-electron chi connectivity index (χ3n) is 7.63. The Balaban J connectivity index is 1.37. The summed E-state index contributed by atoms with van der Waals surface area (Å²) in [5.41, 5.74) is 4.20. The summed E-state index contributed by atoms with van der Waals surface area (Å²) >= 11 is 0. The van der Waals surface area contributed by atoms with Crippen LogP contribution in [0, 0.1) is 0 Å². The predicted octanol–water partition coefficient (Wildman–Crippen LogP) is 6.03. The van der Waals surface area contributed by atoms with E-state index in [1.807, 2.05) is 43.5 Å². The molecular formula is C36H52N2O6. The van der Waals surface area contributed by atoms with E-state index < -0.39 is 0 Å². The van der Waals surface area contributed by atoms with Crippen molar-refractivity contribution in [2.24, 2.45) is 0 Å². The highest BCUT2D eigenvalue weighted by atomic mass is 16.5. The summed E-state index contributed by atoms with van der Waals surface area (Å²) < 4.78 is 23.9. The number of Topliss-reactive ketones (excluding diaryl/α,β-unsaturated/α-hetero) is 1. The monoisotopic (exact) mass is 608 g/mol. The van der Waals surface area contributed by atoms with Crippen molar-refractivity contribution in [2.75, 3.05) is 53.2 Å². The molecule has 0 atom stereocenters. The molecule has 242 valence electrons. The Hall–Kier alpha value is -3.36. The zero-order chi connectivity index (χ0) is 31.4. The van der Waals surface area contributed by atoms with Gasteiger partial charge in [-0.2, -0.15) is 0 Å². The van der Waals surface area contributed by atoms with Crippen molar-refractivity contribution in [2.45, 2.75) is 77.6 Å². The SMILES string of the molecule is C=CCc1c(OCCCCCOc2cccc(OCCCC(=O)NCCOCCNC)c2CCC)ccc2c1CCCC2=O. The van der Waals surface area contributed by atoms with Crippen molar-refractivity contribution in [1.29, 1.82) is 0 Å². The molecule has 1 aliphatic rings. The molecule has 0 heterocycles. The fraction of sp³-hybridized carbons (Fsp3) is 0.556. The van der Waals surface area contributed by atoms with Crippen LogP contribution in [0.3, 0.4) is 0 Å². The molecule has 0 unspecified atom stereocenters. The van der Waals surface area contributed by atoms with Crippen LogP contribution in [-0.4, -0.2) is 64.9 Å². The third-order valence-corrected chi connectivity index (χ3v) is 7.63. The molecule has 3 rings (SSSR count). The minimum absolute atomic E-state index is 0.0125. The molecule has 0 aromatic heterocycles. The van der Waals surface area contributed by atoms with Crippen molar-refractivity contribution in [1.82, 2.24) is 10.6 Å². The number of ether oxygens (including phenoxy) is 4. The average molecular weight is 609 g/mol. The number of carbonyl (C=O) groups excluding carboxylic acids is 2. The molecule has 0 saturated carbocycles. The molecule has 0 saturated heterocycles. The number of hydrogen-bond acceptors (Lipinski definition) is 7. The minimum atomic E-state index is 0.0125. The molecule has 8 heteroatoms. The standard InChI is InChI=1S/C36H52N2O6/c1-4-12-30-28-14-9-15-32(39)29(28)19-20-35(30)43-24-8-6-7-23-42-33-16-10-17-34(31(33)13-5-2)44-25-11-18-36(40)38-22-27-41-26-21-37-3/h4,10,16-17,19-20,37H,1,5-9,11-15,18,21-27H2,2-3H3,(H,38,40). The third kappa shape index (κ3) is 11.6. The van der Waals surface area contributed by atoms with Gasteiger partial charge in [-0.3, -0.25) is 9.59 Å². The maximum Gasteiger partial charge on any atom is 0.220 e. The van der Waals surface area contributed by atoms with Gasteiger partial charge in [0.1, 0.15) is 17.2 Å². The van der Waals surface area contributed by atoms with Gasteiger partial charge >= 0.3 is 0 Å². The van der Waals surface area contributed by atoms with E-state index >= 15 is 0 Å². The molecule has 1 aliphatic carbocycles. The lowest BCUT2D eigenvalue weighted by molar-refractivity contribution is -0.121. The summed E-state index contributed by atoms with van der Waals surface area (Å²) in [7, 11) is 1.88. The number of ketones is 1. The zero-order valence-electron chi connectivity index (χ0n) is 26.8. The van der Waals surface area contributed by atoms with Gasteiger partial charge in [0.05, 0.1) is 33.0 Å². The van der Waals surface area contributed by atoms with Crippen LogP contribution < -0.4 is 24.8 Å². The van der Waals surface area contributed by atoms with Gasteiger partial charge in [-0.1, -0.05) is 25.5 Å². The molecule has 0 spiro atoms. The van der Waals surface area contributed by atoms with E-state index in [9.17, 15) is 9.59 Å². The van der Waals surface area contributed by atoms with E-state index in [2.05, 4.69) is 24.1 Å². The Morgan fingerprint density at radius 1 is 0.864 bits per heavy atom. The molecular weight excluding hydrogens is 556 g/mol. The Labute approximate surface area is 263 Å². The van der Waals surface area contributed by atoms with Crippen LogP contribution in [0.1, 0.15) is 85.3 Å². The maximum atomic E-state index is 12.3. The first kappa shape index (κ1) is 35.1. The maximum absolute atomic E-state index is 12.3. The van der Waals surface area contributed by atoms with E-state index in [-0.39, 0.29) is 11.7 Å². The number of benzene rings is 2. The Morgan fingerprint density at radius 2 is 1.55 bits per heavy atom. The van der Waals surface area contributed by atoms with Crippen LogP contribution in [0.15, 0.2) is 43.0 Å². The number of amides is 1. The lowest BCUT2D eigenvalue weighted by Crippen LogP contribution is -2.28. The van der Waals surface area contributed by atoms with Crippen LogP contribution >= 0.6 is 0 Å². The van der Waals surface area contributed by atoms with Gasteiger partial charge in [0.2, 0.25) is 5.91 Å². The van der Waals surface area contributed by atoms with E-state index in [1.165, 1.54) is 0 Å². The Kier molecular flexibility index (Phi) is 16.4. The lowest BCUT2D eigenvalue weighted by atomic mass is 9.86. The van der Waals surface area contributed by atoms with Gasteiger partial charge in [0, 0.05) is 42.6 Å². The number of nitrogens with one attached hydrogen (secondary N) is 2. The van der Waals surface area contributed by atoms with Gasteiger partial charge in [0.25, 0.3) is 0 Å². The molecule has 0 fully saturated rings. The van der Waals surface area contributed by atoms with Crippen molar-refractivity contribution in [3.63, 3.8) is 0 Å². The van der Waals surface area contributed by atoms with Crippen molar-refractivity contribution < 1.29 is 28.5 Å². The second kappa shape index (κ2) is 20.6. The van der Waals surface area contributed by atoms with Crippen LogP contribution in [-0.2, 0) is 28.8 Å². The number of rotatable bonds is 23. The van der Waals surface area contributed by atoms with Gasteiger partial charge in [-0.05, 0) is 88.2 Å². The highest BCUT2D eigenvalue weighted by Gasteiger charge is 2.22. The summed E-state index contributed by atoms with van der Waals surface area (Å²) in [5, 5.41) is 5.90. The Bertz CT molecular complexity index is 1180. The first-order valence-electron chi connectivity index (χ1n) is 16.4. The van der Waals surface area contributed by atoms with E-state index in [4.69, 9.17) is 18.9 Å². The minimum Gasteiger partial charge on any atom is -0.493 e. The van der Waals surface area contributed by atoms with Crippen molar-refractivity contribution in [3.8, 4) is 17.2 Å². The molecule has 2 aromatic carbocycles. The number of fused-ring (bicyclic) bond motifs is 1. The van der Waals surface area contributed by atoms with Gasteiger partial charge in [0.15, 0.2) is 5.78 Å². The first-order chi connectivity index (χ1) is 21.6. The normalized spacial score (nSPS) is 12.5. The topological polar surface area (TPSA) is 95.1 Å². The first-order valence-corrected chi connectivity index (χ1v) is 16.4. The lowest BCUT2D eigenvalue weighted by Gasteiger charge is -2.21. The highest BCUT2D eigenvalue weighted by Crippen LogP contribution is 2.33. The van der Waals surface area contributed by atoms with Gasteiger partial charge in [-0.25, -0.2) is 0 Å². The molecule has 0 bridgehead atoms. The average Bonchev–Trinajstić information content (AvgIpc) is 3.02. The molecule has 0 radical (unpaired) electrons. The second-order valence-corrected chi connectivity index (χ2v) is 11.1. The summed E-state index contributed by atoms with van der Waals surface area (Å²) in [6.07, 6.45) is 10.8. The Morgan fingerprint density at radius 3 is 2.23 bits per heavy atom. The van der Waals surface area contributed by atoms with Crippen LogP contribution in [0.4, 0.5) is 0 Å². The van der Waals surface area contributed by atoms with Gasteiger partial charge < -0.3 is 29.6 Å². The molecule has 8 nitrogen and oxygen atoms in total. The van der Waals surface area contributed by atoms with Gasteiger partial charge in [-0.15, -0.1) is 6.58 Å². The molecule has 1 amide bonds. The summed E-state index contributed by atoms with van der Waals surface area (Å²) in [5.74, 6) is 2.83. The number of likely N-dealkylation sites (N-methyl/N-ethyl adjacent to an activating group) is 1. The predicted molar refractivity (Wildman–Crippen MR) is 175 cm³/mol. The number of allylic oxidation sites excluding steroid dienone is 1.